The lowest BCUT2D eigenvalue weighted by Gasteiger charge is -2.25. The predicted molar refractivity (Wildman–Crippen MR) is 188 cm³/mol. The third kappa shape index (κ3) is 8.24. The Morgan fingerprint density at radius 2 is 1.40 bits per heavy atom. The summed E-state index contributed by atoms with van der Waals surface area (Å²) in [4.78, 5) is 37.8. The first-order valence-electron chi connectivity index (χ1n) is 15.6. The number of rotatable bonds is 15. The van der Waals surface area contributed by atoms with E-state index >= 15 is 0 Å². The highest BCUT2D eigenvalue weighted by atomic mass is 16.5. The summed E-state index contributed by atoms with van der Waals surface area (Å²) < 4.78 is 25.8. The molecule has 1 aliphatic heterocycles. The summed E-state index contributed by atoms with van der Waals surface area (Å²) in [6, 6.07) is 23.7. The van der Waals surface area contributed by atoms with Crippen molar-refractivity contribution in [3.05, 3.63) is 84.2 Å². The second kappa shape index (κ2) is 15.3. The second-order valence-corrected chi connectivity index (χ2v) is 11.8. The molecule has 0 atom stereocenters. The number of nitrogens with zero attached hydrogens (tertiary/aromatic N) is 3. The number of ether oxygens (including phenoxy) is 3. The molecule has 260 valence electrons. The van der Waals surface area contributed by atoms with Gasteiger partial charge >= 0.3 is 17.9 Å². The van der Waals surface area contributed by atoms with E-state index in [4.69, 9.17) is 23.7 Å². The van der Waals surface area contributed by atoms with Gasteiger partial charge in [0.1, 0.15) is 57.5 Å². The number of para-hydroxylation sites is 2. The first-order chi connectivity index (χ1) is 23.9. The van der Waals surface area contributed by atoms with Crippen LogP contribution in [-0.2, 0) is 14.4 Å². The van der Waals surface area contributed by atoms with Crippen molar-refractivity contribution < 1.29 is 48.3 Å². The van der Waals surface area contributed by atoms with Gasteiger partial charge in [-0.3, -0.25) is 9.59 Å². The van der Waals surface area contributed by atoms with Crippen molar-refractivity contribution in [1.29, 1.82) is 0 Å². The molecule has 3 aromatic carbocycles. The number of hydrogen-bond donors (Lipinski definition) is 3. The van der Waals surface area contributed by atoms with Gasteiger partial charge in [-0.15, -0.1) is 0 Å². The van der Waals surface area contributed by atoms with Crippen molar-refractivity contribution in [3.8, 4) is 39.7 Å². The van der Waals surface area contributed by atoms with Gasteiger partial charge in [-0.1, -0.05) is 18.2 Å². The molecule has 0 fully saturated rings. The summed E-state index contributed by atoms with van der Waals surface area (Å²) in [5, 5.41) is 30.0. The molecule has 3 aromatic rings. The summed E-state index contributed by atoms with van der Waals surface area (Å²) in [6.45, 7) is -1.72. The molecule has 0 unspecified atom stereocenters. The van der Waals surface area contributed by atoms with Crippen LogP contribution in [0, 0.1) is 0 Å². The van der Waals surface area contributed by atoms with Crippen molar-refractivity contribution in [2.45, 2.75) is 0 Å². The number of anilines is 2. The Kier molecular flexibility index (Phi) is 10.7. The molecule has 13 nitrogen and oxygen atoms in total. The van der Waals surface area contributed by atoms with Crippen LogP contribution in [0.25, 0.3) is 33.4 Å². The minimum absolute atomic E-state index is 0.00563. The first-order valence-corrected chi connectivity index (χ1v) is 15.6. The molecule has 3 N–H and O–H groups in total. The Balaban J connectivity index is 1.59. The number of aliphatic carboxylic acids is 3. The highest BCUT2D eigenvalue weighted by Gasteiger charge is 2.23. The zero-order valence-electron chi connectivity index (χ0n) is 28.1. The quantitative estimate of drug-likeness (QED) is 0.0820. The van der Waals surface area contributed by atoms with E-state index in [-0.39, 0.29) is 30.4 Å². The van der Waals surface area contributed by atoms with E-state index in [1.165, 1.54) is 4.90 Å². The topological polar surface area (TPSA) is 162 Å². The van der Waals surface area contributed by atoms with Crippen molar-refractivity contribution >= 4 is 40.3 Å². The monoisotopic (exact) mass is 684 g/mol. The molecule has 0 saturated heterocycles. The SMILES string of the molecule is CN(C)c1ccc2c(-c3ccc(N(CC(=O)O)CC(=O)O)c(OCCOc4ccccc4OCC(=O)O)c3)c3ccc(=[N+](C)C)cc-3oc2c1. The number of fused-ring (bicyclic) bond motifs is 2. The minimum Gasteiger partial charge on any atom is -0.488 e. The van der Waals surface area contributed by atoms with Gasteiger partial charge in [-0.25, -0.2) is 9.37 Å². The van der Waals surface area contributed by atoms with Crippen LogP contribution in [-0.4, -0.2) is 94.3 Å². The van der Waals surface area contributed by atoms with Gasteiger partial charge in [0.05, 0.1) is 11.8 Å². The molecular formula is C37H38N3O10+. The number of benzene rings is 4. The van der Waals surface area contributed by atoms with Crippen LogP contribution in [0.15, 0.2) is 83.3 Å². The Morgan fingerprint density at radius 3 is 2.02 bits per heavy atom. The summed E-state index contributed by atoms with van der Waals surface area (Å²) in [5.74, 6) is -2.11. The van der Waals surface area contributed by atoms with Gasteiger partial charge in [0.15, 0.2) is 18.1 Å². The predicted octanol–water partition coefficient (Wildman–Crippen LogP) is 4.20. The summed E-state index contributed by atoms with van der Waals surface area (Å²) >= 11 is 0. The van der Waals surface area contributed by atoms with Crippen molar-refractivity contribution in [1.82, 2.24) is 4.58 Å². The lowest BCUT2D eigenvalue weighted by atomic mass is 9.93. The Hall–Kier alpha value is -6.24. The van der Waals surface area contributed by atoms with E-state index in [1.807, 2.05) is 74.1 Å². The van der Waals surface area contributed by atoms with Crippen LogP contribution in [0.4, 0.5) is 11.4 Å². The molecule has 0 spiro atoms. The molecule has 0 saturated carbocycles. The van der Waals surface area contributed by atoms with E-state index < -0.39 is 37.6 Å². The maximum absolute atomic E-state index is 11.8. The van der Waals surface area contributed by atoms with Crippen LogP contribution < -0.4 is 33.9 Å². The molecule has 1 aliphatic carbocycles. The average molecular weight is 685 g/mol. The molecule has 0 bridgehead atoms. The highest BCUT2D eigenvalue weighted by molar-refractivity contribution is 6.03. The van der Waals surface area contributed by atoms with Crippen LogP contribution in [0.2, 0.25) is 0 Å². The molecule has 0 amide bonds. The van der Waals surface area contributed by atoms with Crippen LogP contribution in [0.5, 0.6) is 17.2 Å². The molecule has 1 heterocycles. The zero-order valence-corrected chi connectivity index (χ0v) is 28.1. The van der Waals surface area contributed by atoms with Crippen molar-refractivity contribution in [2.24, 2.45) is 0 Å². The lowest BCUT2D eigenvalue weighted by Crippen LogP contribution is -2.34. The number of carbonyl (C=O) groups is 3. The number of carboxylic acids is 3. The molecule has 0 radical (unpaired) electrons. The third-order valence-electron chi connectivity index (χ3n) is 7.76. The van der Waals surface area contributed by atoms with Gasteiger partial charge in [-0.2, -0.15) is 0 Å². The maximum Gasteiger partial charge on any atom is 0.341 e. The minimum atomic E-state index is -1.21. The standard InChI is InChI=1S/C37H37N3O10/c1-38(2)24-10-12-26-31(18-24)50-32-19-25(39(3)4)11-13-27(32)37(26)23-9-14-28(40(20-34(41)42)21-35(43)44)33(17-23)48-16-15-47-29-7-5-6-8-30(29)49-22-36(45)46/h5-14,17-19H,15-16,20-22H2,1-4H3,(H2-,41,42,43,44,45,46)/p+1. The first kappa shape index (κ1) is 35.1. The smallest absolute Gasteiger partial charge is 0.341 e. The molecule has 2 aliphatic rings. The third-order valence-corrected chi connectivity index (χ3v) is 7.76. The van der Waals surface area contributed by atoms with Gasteiger partial charge in [0, 0.05) is 48.4 Å². The zero-order chi connectivity index (χ0) is 35.9. The largest absolute Gasteiger partial charge is 0.488 e. The maximum atomic E-state index is 11.8. The number of hydrogen-bond acceptors (Lipinski definition) is 9. The molecule has 13 heteroatoms. The van der Waals surface area contributed by atoms with E-state index in [9.17, 15) is 24.6 Å². The Morgan fingerprint density at radius 1 is 0.740 bits per heavy atom. The van der Waals surface area contributed by atoms with Gasteiger partial charge in [0.2, 0.25) is 5.36 Å². The summed E-state index contributed by atoms with van der Waals surface area (Å²) in [6.07, 6.45) is 0. The van der Waals surface area contributed by atoms with E-state index in [0.29, 0.717) is 17.1 Å². The van der Waals surface area contributed by atoms with E-state index in [1.54, 1.807) is 42.5 Å². The number of carboxylic acid groups (broad SMARTS) is 3. The summed E-state index contributed by atoms with van der Waals surface area (Å²) in [5.41, 5.74) is 4.26. The van der Waals surface area contributed by atoms with Crippen LogP contribution in [0.3, 0.4) is 0 Å². The summed E-state index contributed by atoms with van der Waals surface area (Å²) in [7, 11) is 7.78. The Labute approximate surface area is 287 Å². The van der Waals surface area contributed by atoms with E-state index in [2.05, 4.69) is 0 Å². The fraction of sp³-hybridized carbons (Fsp3) is 0.243. The van der Waals surface area contributed by atoms with Crippen LogP contribution in [0.1, 0.15) is 0 Å². The Bertz CT molecular complexity index is 2070. The van der Waals surface area contributed by atoms with Gasteiger partial charge in [-0.05, 0) is 48.0 Å². The van der Waals surface area contributed by atoms with Crippen LogP contribution >= 0.6 is 0 Å². The average Bonchev–Trinajstić information content (AvgIpc) is 3.07. The van der Waals surface area contributed by atoms with E-state index in [0.717, 1.165) is 33.1 Å². The van der Waals surface area contributed by atoms with Gasteiger partial charge in [0.25, 0.3) is 0 Å². The fourth-order valence-electron chi connectivity index (χ4n) is 5.47. The lowest BCUT2D eigenvalue weighted by molar-refractivity contribution is -0.139. The second-order valence-electron chi connectivity index (χ2n) is 11.8. The molecule has 0 aromatic heterocycles. The fourth-order valence-corrected chi connectivity index (χ4v) is 5.47. The van der Waals surface area contributed by atoms with Crippen molar-refractivity contribution in [3.63, 3.8) is 0 Å². The van der Waals surface area contributed by atoms with Gasteiger partial charge < -0.3 is 43.7 Å². The molecule has 50 heavy (non-hydrogen) atoms. The van der Waals surface area contributed by atoms with Crippen molar-refractivity contribution in [2.75, 3.05) is 70.9 Å². The highest BCUT2D eigenvalue weighted by Crippen LogP contribution is 2.43. The molecular weight excluding hydrogens is 646 g/mol. The normalized spacial score (nSPS) is 10.9. The molecule has 5 rings (SSSR count).